The third-order valence-corrected chi connectivity index (χ3v) is 2.80. The van der Waals surface area contributed by atoms with Gasteiger partial charge in [0.15, 0.2) is 6.04 Å². The second kappa shape index (κ2) is 7.11. The summed E-state index contributed by atoms with van der Waals surface area (Å²) < 4.78 is 4.69. The summed E-state index contributed by atoms with van der Waals surface area (Å²) in [7, 11) is 0. The number of carbonyl (C=O) groups is 2. The molecule has 0 aliphatic heterocycles. The molecule has 5 nitrogen and oxygen atoms in total. The van der Waals surface area contributed by atoms with Crippen LogP contribution in [0, 0.1) is 0 Å². The van der Waals surface area contributed by atoms with Crippen molar-refractivity contribution in [1.29, 1.82) is 0 Å². The second-order valence-corrected chi connectivity index (χ2v) is 4.45. The van der Waals surface area contributed by atoms with Gasteiger partial charge in [0, 0.05) is 5.02 Å². The van der Waals surface area contributed by atoms with Crippen LogP contribution in [0.25, 0.3) is 0 Å². The number of hydrogen-bond donors (Lipinski definition) is 2. The van der Waals surface area contributed by atoms with Gasteiger partial charge in [-0.25, -0.2) is 4.79 Å². The molecular weight excluding hydrogens is 268 g/mol. The number of ether oxygens (including phenoxy) is 1. The molecular formula is C13H17ClN2O3. The third-order valence-electron chi connectivity index (χ3n) is 2.55. The number of esters is 1. The molecule has 0 saturated carbocycles. The summed E-state index contributed by atoms with van der Waals surface area (Å²) in [5, 5.41) is 3.26. The molecule has 2 atom stereocenters. The number of benzene rings is 1. The van der Waals surface area contributed by atoms with Gasteiger partial charge in [-0.3, -0.25) is 4.79 Å². The van der Waals surface area contributed by atoms with E-state index in [9.17, 15) is 9.59 Å². The lowest BCUT2D eigenvalue weighted by atomic mass is 10.1. The molecule has 0 aromatic heterocycles. The van der Waals surface area contributed by atoms with E-state index in [0.29, 0.717) is 5.02 Å². The van der Waals surface area contributed by atoms with Crippen LogP contribution in [0.4, 0.5) is 0 Å². The van der Waals surface area contributed by atoms with Gasteiger partial charge in [0.2, 0.25) is 5.91 Å². The van der Waals surface area contributed by atoms with Gasteiger partial charge in [0.1, 0.15) is 0 Å². The Morgan fingerprint density at radius 2 is 1.95 bits per heavy atom. The number of nitrogens with one attached hydrogen (secondary N) is 1. The molecule has 1 amide bonds. The van der Waals surface area contributed by atoms with E-state index in [1.54, 1.807) is 38.1 Å². The Morgan fingerprint density at radius 3 is 2.47 bits per heavy atom. The van der Waals surface area contributed by atoms with Crippen molar-refractivity contribution in [2.45, 2.75) is 25.9 Å². The Morgan fingerprint density at radius 1 is 1.37 bits per heavy atom. The minimum atomic E-state index is -1.31. The number of carbonyl (C=O) groups excluding carboxylic acids is 2. The Bertz CT molecular complexity index is 448. The predicted octanol–water partition coefficient (Wildman–Crippen LogP) is 1.41. The van der Waals surface area contributed by atoms with Gasteiger partial charge in [0.25, 0.3) is 0 Å². The summed E-state index contributed by atoms with van der Waals surface area (Å²) in [5.74, 6) is -1.30. The molecule has 6 heteroatoms. The molecule has 1 unspecified atom stereocenters. The van der Waals surface area contributed by atoms with Crippen molar-refractivity contribution in [1.82, 2.24) is 5.32 Å². The minimum Gasteiger partial charge on any atom is -0.464 e. The lowest BCUT2D eigenvalue weighted by molar-refractivity contribution is -0.148. The maximum atomic E-state index is 11.7. The molecule has 1 aromatic rings. The summed E-state index contributed by atoms with van der Waals surface area (Å²) in [6, 6.07) is 5.46. The highest BCUT2D eigenvalue weighted by molar-refractivity contribution is 6.30. The molecule has 0 fully saturated rings. The molecule has 0 aliphatic carbocycles. The van der Waals surface area contributed by atoms with Crippen molar-refractivity contribution in [3.05, 3.63) is 34.9 Å². The van der Waals surface area contributed by atoms with Crippen LogP contribution in [0.3, 0.4) is 0 Å². The summed E-state index contributed by atoms with van der Waals surface area (Å²) in [6.07, 6.45) is 0. The largest absolute Gasteiger partial charge is 0.464 e. The summed E-state index contributed by atoms with van der Waals surface area (Å²) in [6.45, 7) is 3.63. The van der Waals surface area contributed by atoms with E-state index >= 15 is 0 Å². The summed E-state index contributed by atoms with van der Waals surface area (Å²) >= 11 is 5.78. The van der Waals surface area contributed by atoms with E-state index in [2.05, 4.69) is 10.1 Å². The molecule has 1 rings (SSSR count). The average molecular weight is 285 g/mol. The first-order valence-electron chi connectivity index (χ1n) is 5.93. The third kappa shape index (κ3) is 4.54. The van der Waals surface area contributed by atoms with Crippen LogP contribution in [0.15, 0.2) is 24.3 Å². The summed E-state index contributed by atoms with van der Waals surface area (Å²) in [5.41, 5.74) is 6.36. The van der Waals surface area contributed by atoms with E-state index in [0.717, 1.165) is 5.56 Å². The maximum Gasteiger partial charge on any atom is 0.332 e. The van der Waals surface area contributed by atoms with Gasteiger partial charge in [-0.2, -0.15) is 0 Å². The Hall–Kier alpha value is -1.59. The number of halogens is 1. The first-order chi connectivity index (χ1) is 8.95. The highest BCUT2D eigenvalue weighted by atomic mass is 35.5. The monoisotopic (exact) mass is 284 g/mol. The molecule has 0 spiro atoms. The lowest BCUT2D eigenvalue weighted by Gasteiger charge is -2.17. The number of rotatable bonds is 5. The molecule has 0 saturated heterocycles. The maximum absolute atomic E-state index is 11.7. The molecule has 0 heterocycles. The fraction of sp³-hybridized carbons (Fsp3) is 0.385. The predicted molar refractivity (Wildman–Crippen MR) is 72.6 cm³/mol. The highest BCUT2D eigenvalue weighted by Crippen LogP contribution is 2.15. The van der Waals surface area contributed by atoms with Crippen LogP contribution in [0.2, 0.25) is 5.02 Å². The first-order valence-corrected chi connectivity index (χ1v) is 6.31. The van der Waals surface area contributed by atoms with Crippen LogP contribution in [-0.4, -0.2) is 24.5 Å². The van der Waals surface area contributed by atoms with Gasteiger partial charge in [-0.1, -0.05) is 23.7 Å². The average Bonchev–Trinajstić information content (AvgIpc) is 2.38. The van der Waals surface area contributed by atoms with Crippen LogP contribution < -0.4 is 11.1 Å². The van der Waals surface area contributed by atoms with Gasteiger partial charge in [0.05, 0.1) is 12.6 Å². The zero-order valence-electron chi connectivity index (χ0n) is 10.9. The number of nitrogens with two attached hydrogens (primary N) is 1. The molecule has 0 bridgehead atoms. The van der Waals surface area contributed by atoms with E-state index in [1.165, 1.54) is 0 Å². The van der Waals surface area contributed by atoms with Gasteiger partial charge >= 0.3 is 5.97 Å². The van der Waals surface area contributed by atoms with Gasteiger partial charge in [-0.05, 0) is 31.5 Å². The van der Waals surface area contributed by atoms with E-state index in [1.807, 2.05) is 0 Å². The van der Waals surface area contributed by atoms with Crippen molar-refractivity contribution in [2.24, 2.45) is 5.73 Å². The second-order valence-electron chi connectivity index (χ2n) is 4.01. The molecule has 0 aliphatic rings. The Labute approximate surface area is 117 Å². The fourth-order valence-electron chi connectivity index (χ4n) is 1.48. The van der Waals surface area contributed by atoms with Crippen molar-refractivity contribution < 1.29 is 14.3 Å². The van der Waals surface area contributed by atoms with Gasteiger partial charge < -0.3 is 15.8 Å². The zero-order chi connectivity index (χ0) is 14.4. The normalized spacial score (nSPS) is 13.5. The van der Waals surface area contributed by atoms with Crippen molar-refractivity contribution >= 4 is 23.5 Å². The van der Waals surface area contributed by atoms with Crippen molar-refractivity contribution in [3.63, 3.8) is 0 Å². The number of hydrogen-bond acceptors (Lipinski definition) is 4. The molecule has 3 N–H and O–H groups in total. The van der Waals surface area contributed by atoms with E-state index in [4.69, 9.17) is 17.3 Å². The Kier molecular flexibility index (Phi) is 5.79. The molecule has 0 radical (unpaired) electrons. The van der Waals surface area contributed by atoms with Crippen molar-refractivity contribution in [2.75, 3.05) is 6.61 Å². The van der Waals surface area contributed by atoms with Crippen LogP contribution in [0.5, 0.6) is 0 Å². The Balaban J connectivity index is 2.61. The molecule has 19 heavy (non-hydrogen) atoms. The standard InChI is InChI=1S/C13H17ClN2O3/c1-3-19-13(18)11(15)12(17)16-8(2)9-4-6-10(14)7-5-9/h4-8,11H,3,15H2,1-2H3,(H,16,17)/t8-,11?/m0/s1. The number of amides is 1. The fourth-order valence-corrected chi connectivity index (χ4v) is 1.60. The summed E-state index contributed by atoms with van der Waals surface area (Å²) in [4.78, 5) is 23.1. The van der Waals surface area contributed by atoms with Gasteiger partial charge in [-0.15, -0.1) is 0 Å². The van der Waals surface area contributed by atoms with E-state index < -0.39 is 17.9 Å². The smallest absolute Gasteiger partial charge is 0.332 e. The first kappa shape index (κ1) is 15.5. The zero-order valence-corrected chi connectivity index (χ0v) is 11.6. The van der Waals surface area contributed by atoms with Crippen LogP contribution >= 0.6 is 11.6 Å². The van der Waals surface area contributed by atoms with Crippen molar-refractivity contribution in [3.8, 4) is 0 Å². The molecule has 104 valence electrons. The SMILES string of the molecule is CCOC(=O)C(N)C(=O)N[C@@H](C)c1ccc(Cl)cc1. The van der Waals surface area contributed by atoms with Crippen LogP contribution in [-0.2, 0) is 14.3 Å². The topological polar surface area (TPSA) is 81.4 Å². The minimum absolute atomic E-state index is 0.187. The molecule has 1 aromatic carbocycles. The van der Waals surface area contributed by atoms with Crippen LogP contribution in [0.1, 0.15) is 25.5 Å². The highest BCUT2D eigenvalue weighted by Gasteiger charge is 2.24. The quantitative estimate of drug-likeness (QED) is 0.633. The lowest BCUT2D eigenvalue weighted by Crippen LogP contribution is -2.47. The van der Waals surface area contributed by atoms with E-state index in [-0.39, 0.29) is 12.6 Å².